The Morgan fingerprint density at radius 3 is 2.59 bits per heavy atom. The number of aromatic nitrogens is 5. The largest absolute Gasteiger partial charge is 0.365 e. The fraction of sp³-hybridized carbons (Fsp3) is 0.333. The third-order valence-corrected chi connectivity index (χ3v) is 11.3. The van der Waals surface area contributed by atoms with Crippen molar-refractivity contribution >= 4 is 48.7 Å². The van der Waals surface area contributed by atoms with Gasteiger partial charge < -0.3 is 10.6 Å². The second-order valence-electron chi connectivity index (χ2n) is 12.2. The molecule has 0 bridgehead atoms. The zero-order valence-corrected chi connectivity index (χ0v) is 27.8. The molecular weight excluding hydrogens is 688 g/mol. The smallest absolute Gasteiger partial charge is 0.297 e. The van der Waals surface area contributed by atoms with E-state index in [1.165, 1.54) is 42.9 Å². The normalized spacial score (nSPS) is 21.4. The zero-order chi connectivity index (χ0) is 35.3. The van der Waals surface area contributed by atoms with Crippen LogP contribution in [0.2, 0.25) is 0 Å². The number of hydrogen-bond acceptors (Lipinski definition) is 9. The van der Waals surface area contributed by atoms with Crippen LogP contribution in [0.4, 0.5) is 24.8 Å². The number of nitrogens with zero attached hydrogens (tertiary/aromatic N) is 5. The minimum atomic E-state index is -4.43. The van der Waals surface area contributed by atoms with Crippen LogP contribution in [0.1, 0.15) is 49.5 Å². The lowest BCUT2D eigenvalue weighted by Gasteiger charge is -2.30. The molecule has 19 heteroatoms. The molecule has 260 valence electrons. The van der Waals surface area contributed by atoms with Gasteiger partial charge in [-0.2, -0.15) is 13.5 Å². The van der Waals surface area contributed by atoms with Crippen LogP contribution in [0.15, 0.2) is 60.7 Å². The Kier molecular flexibility index (Phi) is 8.78. The highest BCUT2D eigenvalue weighted by atomic mass is 32.2. The number of rotatable bonds is 9. The van der Waals surface area contributed by atoms with Crippen LogP contribution >= 0.6 is 0 Å². The van der Waals surface area contributed by atoms with Gasteiger partial charge in [0.15, 0.2) is 23.3 Å². The van der Waals surface area contributed by atoms with Gasteiger partial charge in [-0.3, -0.25) is 14.2 Å². The number of nitrogens with one attached hydrogen (secondary N) is 3. The predicted octanol–water partition coefficient (Wildman–Crippen LogP) is 3.63. The van der Waals surface area contributed by atoms with Crippen LogP contribution in [0.3, 0.4) is 0 Å². The summed E-state index contributed by atoms with van der Waals surface area (Å²) in [5.41, 5.74) is -0.0846. The molecule has 3 heterocycles. The van der Waals surface area contributed by atoms with Crippen molar-refractivity contribution in [3.8, 4) is 11.4 Å². The standard InChI is InChI=1S/C30H32F3N9O5S2/c1-30(11-5-6-17(31)14-30)48(44,45)42-16-21(20-9-4-10-22(32)26(20)42)27-35-15-23(33)28(38-27)36-18-7-3-8-19(12-18)37-29(43)24-13-25(39-41(24)2)40-49(34,46)47/h4-6,9-10,13-16,18-19H,3,7-8,11-12H2,1-2H3,(H,37,43)(H,39,40)(H2,34,46,47)(H,35,36,38)/t18-,19+,30?/m0/s1. The first kappa shape index (κ1) is 34.1. The van der Waals surface area contributed by atoms with E-state index in [1.54, 1.807) is 0 Å². The van der Waals surface area contributed by atoms with E-state index < -0.39 is 48.3 Å². The number of allylic oxidation sites excluding steroid dienone is 3. The van der Waals surface area contributed by atoms with Crippen LogP contribution in [0, 0.1) is 11.6 Å². The number of anilines is 2. The van der Waals surface area contributed by atoms with Gasteiger partial charge in [-0.05, 0) is 57.2 Å². The maximum atomic E-state index is 15.3. The molecule has 2 aliphatic carbocycles. The Morgan fingerprint density at radius 1 is 1.10 bits per heavy atom. The molecule has 0 spiro atoms. The SMILES string of the molecule is Cn1nc(NS(N)(=O)=O)cc1C(=O)N[C@@H]1CCC[C@H](Nc2nc(-c3cn(S(=O)(=O)C4(C)C=C(F)C=CC4)c4c(F)cccc34)ncc2F)C1. The molecule has 5 N–H and O–H groups in total. The number of halogens is 3. The highest BCUT2D eigenvalue weighted by Gasteiger charge is 2.41. The Bertz CT molecular complexity index is 2250. The van der Waals surface area contributed by atoms with Crippen molar-refractivity contribution in [3.05, 3.63) is 78.0 Å². The van der Waals surface area contributed by atoms with Gasteiger partial charge >= 0.3 is 0 Å². The first-order chi connectivity index (χ1) is 23.0. The van der Waals surface area contributed by atoms with E-state index in [4.69, 9.17) is 5.14 Å². The number of benzene rings is 1. The van der Waals surface area contributed by atoms with Crippen molar-refractivity contribution in [1.29, 1.82) is 0 Å². The summed E-state index contributed by atoms with van der Waals surface area (Å²) in [5, 5.41) is 15.0. The fourth-order valence-electron chi connectivity index (χ4n) is 6.16. The number of fused-ring (bicyclic) bond motifs is 1. The minimum absolute atomic E-state index is 0.0465. The van der Waals surface area contributed by atoms with Gasteiger partial charge in [-0.15, -0.1) is 0 Å². The van der Waals surface area contributed by atoms with Crippen LogP contribution in [0.5, 0.6) is 0 Å². The van der Waals surface area contributed by atoms with Crippen LogP contribution < -0.4 is 20.5 Å². The van der Waals surface area contributed by atoms with Crippen LogP contribution in [0.25, 0.3) is 22.3 Å². The topological polar surface area (TPSA) is 196 Å². The lowest BCUT2D eigenvalue weighted by Crippen LogP contribution is -2.42. The number of hydrogen-bond donors (Lipinski definition) is 4. The van der Waals surface area contributed by atoms with E-state index >= 15 is 8.78 Å². The summed E-state index contributed by atoms with van der Waals surface area (Å²) in [6.45, 7) is 1.34. The summed E-state index contributed by atoms with van der Waals surface area (Å²) in [6, 6.07) is 4.54. The third-order valence-electron chi connectivity index (χ3n) is 8.53. The summed E-state index contributed by atoms with van der Waals surface area (Å²) in [4.78, 5) is 21.4. The molecule has 0 aliphatic heterocycles. The Labute approximate surface area is 279 Å². The molecule has 14 nitrogen and oxygen atoms in total. The number of carbonyl (C=O) groups is 1. The van der Waals surface area contributed by atoms with E-state index in [9.17, 15) is 26.0 Å². The van der Waals surface area contributed by atoms with E-state index in [2.05, 4.69) is 25.7 Å². The van der Waals surface area contributed by atoms with Crippen molar-refractivity contribution < 1.29 is 34.8 Å². The molecule has 1 fully saturated rings. The van der Waals surface area contributed by atoms with E-state index in [1.807, 2.05) is 4.72 Å². The zero-order valence-electron chi connectivity index (χ0n) is 26.2. The van der Waals surface area contributed by atoms with Gasteiger partial charge in [0.1, 0.15) is 27.6 Å². The Hall–Kier alpha value is -4.75. The van der Waals surface area contributed by atoms with Crippen molar-refractivity contribution in [1.82, 2.24) is 29.0 Å². The summed E-state index contributed by atoms with van der Waals surface area (Å²) in [7, 11) is -7.05. The van der Waals surface area contributed by atoms with Crippen molar-refractivity contribution in [2.24, 2.45) is 12.2 Å². The summed E-state index contributed by atoms with van der Waals surface area (Å²) in [5.74, 6) is -3.25. The molecule has 4 aromatic rings. The quantitative estimate of drug-likeness (QED) is 0.200. The van der Waals surface area contributed by atoms with Gasteiger partial charge in [0.05, 0.1) is 6.20 Å². The molecule has 3 atom stereocenters. The van der Waals surface area contributed by atoms with Gasteiger partial charge in [0.2, 0.25) is 10.0 Å². The highest BCUT2D eigenvalue weighted by Crippen LogP contribution is 2.38. The van der Waals surface area contributed by atoms with Crippen LogP contribution in [-0.2, 0) is 27.3 Å². The molecule has 6 rings (SSSR count). The third kappa shape index (κ3) is 6.77. The number of amides is 1. The van der Waals surface area contributed by atoms with Crippen molar-refractivity contribution in [2.45, 2.75) is 55.9 Å². The number of carbonyl (C=O) groups excluding carboxylic acids is 1. The van der Waals surface area contributed by atoms with E-state index in [0.717, 1.165) is 34.6 Å². The second-order valence-corrected chi connectivity index (χ2v) is 15.8. The van der Waals surface area contributed by atoms with Crippen LogP contribution in [-0.4, -0.2) is 63.3 Å². The summed E-state index contributed by atoms with van der Waals surface area (Å²) in [6.07, 6.45) is 7.84. The monoisotopic (exact) mass is 719 g/mol. The average Bonchev–Trinajstić information content (AvgIpc) is 3.59. The molecule has 1 aromatic carbocycles. The Balaban J connectivity index is 1.25. The Morgan fingerprint density at radius 2 is 1.86 bits per heavy atom. The molecule has 49 heavy (non-hydrogen) atoms. The maximum absolute atomic E-state index is 15.3. The number of aryl methyl sites for hydroxylation is 1. The van der Waals surface area contributed by atoms with Gasteiger partial charge in [0.25, 0.3) is 16.1 Å². The van der Waals surface area contributed by atoms with Gasteiger partial charge in [-0.1, -0.05) is 18.2 Å². The number of nitrogens with two attached hydrogens (primary N) is 1. The van der Waals surface area contributed by atoms with Gasteiger partial charge in [-0.25, -0.2) is 40.7 Å². The lowest BCUT2D eigenvalue weighted by atomic mass is 9.91. The predicted molar refractivity (Wildman–Crippen MR) is 176 cm³/mol. The number of para-hydroxylation sites is 1. The summed E-state index contributed by atoms with van der Waals surface area (Å²) < 4.78 is 97.3. The molecule has 2 aliphatic rings. The molecule has 1 amide bonds. The first-order valence-electron chi connectivity index (χ1n) is 15.1. The summed E-state index contributed by atoms with van der Waals surface area (Å²) >= 11 is 0. The molecular formula is C30H32F3N9O5S2. The first-order valence-corrected chi connectivity index (χ1v) is 18.1. The van der Waals surface area contributed by atoms with E-state index in [0.29, 0.717) is 25.7 Å². The molecule has 1 saturated carbocycles. The maximum Gasteiger partial charge on any atom is 0.297 e. The molecule has 1 unspecified atom stereocenters. The van der Waals surface area contributed by atoms with Gasteiger partial charge in [0, 0.05) is 42.3 Å². The minimum Gasteiger partial charge on any atom is -0.365 e. The fourth-order valence-corrected chi connectivity index (χ4v) is 8.24. The van der Waals surface area contributed by atoms with Crippen molar-refractivity contribution in [2.75, 3.05) is 10.0 Å². The lowest BCUT2D eigenvalue weighted by molar-refractivity contribution is 0.0916. The van der Waals surface area contributed by atoms with Crippen molar-refractivity contribution in [3.63, 3.8) is 0 Å². The molecule has 0 radical (unpaired) electrons. The molecule has 0 saturated heterocycles. The average molecular weight is 720 g/mol. The molecule has 3 aromatic heterocycles. The highest BCUT2D eigenvalue weighted by molar-refractivity contribution is 7.91. The second kappa shape index (κ2) is 12.6. The van der Waals surface area contributed by atoms with E-state index in [-0.39, 0.29) is 58.1 Å².